The summed E-state index contributed by atoms with van der Waals surface area (Å²) < 4.78 is 39.2. The third-order valence-electron chi connectivity index (χ3n) is 3.87. The number of benzene rings is 2. The largest absolute Gasteiger partial charge is 0.492 e. The Labute approximate surface area is 142 Å². The molecule has 0 radical (unpaired) electrons. The van der Waals surface area contributed by atoms with Gasteiger partial charge in [-0.3, -0.25) is 4.72 Å². The lowest BCUT2D eigenvalue weighted by Gasteiger charge is -2.14. The summed E-state index contributed by atoms with van der Waals surface area (Å²) in [6.45, 7) is 6.21. The first-order valence-corrected chi connectivity index (χ1v) is 9.43. The topological polar surface area (TPSA) is 64.6 Å². The van der Waals surface area contributed by atoms with Crippen molar-refractivity contribution in [1.29, 1.82) is 0 Å². The Morgan fingerprint density at radius 3 is 2.62 bits per heavy atom. The highest BCUT2D eigenvalue weighted by Crippen LogP contribution is 2.38. The molecule has 0 saturated carbocycles. The minimum absolute atomic E-state index is 0.0819. The van der Waals surface area contributed by atoms with Gasteiger partial charge in [0.15, 0.2) is 0 Å². The molecule has 1 aliphatic heterocycles. The third kappa shape index (κ3) is 3.33. The fraction of sp³-hybridized carbons (Fsp3) is 0.333. The lowest BCUT2D eigenvalue weighted by atomic mass is 10.1. The SMILES string of the molecule is CCOc1cc2c(cc1NS(=O)(=O)c1ccc(C)cc1)O[C@@H](C)C2. The van der Waals surface area contributed by atoms with Gasteiger partial charge < -0.3 is 9.47 Å². The number of aryl methyl sites for hydroxylation is 1. The third-order valence-corrected chi connectivity index (χ3v) is 5.26. The molecule has 24 heavy (non-hydrogen) atoms. The molecule has 0 aromatic heterocycles. The molecule has 0 amide bonds. The van der Waals surface area contributed by atoms with Crippen LogP contribution >= 0.6 is 0 Å². The number of hydrogen-bond donors (Lipinski definition) is 1. The van der Waals surface area contributed by atoms with E-state index in [1.165, 1.54) is 0 Å². The molecule has 1 heterocycles. The zero-order valence-electron chi connectivity index (χ0n) is 14.0. The van der Waals surface area contributed by atoms with E-state index in [-0.39, 0.29) is 11.0 Å². The maximum absolute atomic E-state index is 12.6. The minimum Gasteiger partial charge on any atom is -0.492 e. The van der Waals surface area contributed by atoms with Crippen molar-refractivity contribution in [2.24, 2.45) is 0 Å². The number of fused-ring (bicyclic) bond motifs is 1. The highest BCUT2D eigenvalue weighted by molar-refractivity contribution is 7.92. The molecule has 0 fully saturated rings. The van der Waals surface area contributed by atoms with Crippen molar-refractivity contribution in [2.75, 3.05) is 11.3 Å². The molecule has 0 saturated heterocycles. The average Bonchev–Trinajstić information content (AvgIpc) is 2.87. The molecule has 128 valence electrons. The standard InChI is InChI=1S/C18H21NO4S/c1-4-22-18-10-14-9-13(3)23-17(14)11-16(18)19-24(20,21)15-7-5-12(2)6-8-15/h5-8,10-11,13,19H,4,9H2,1-3H3/t13-/m0/s1. The van der Waals surface area contributed by atoms with Crippen LogP contribution in [0.2, 0.25) is 0 Å². The smallest absolute Gasteiger partial charge is 0.262 e. The lowest BCUT2D eigenvalue weighted by molar-refractivity contribution is 0.254. The zero-order valence-corrected chi connectivity index (χ0v) is 14.8. The first-order chi connectivity index (χ1) is 11.4. The van der Waals surface area contributed by atoms with Gasteiger partial charge in [0.05, 0.1) is 17.2 Å². The van der Waals surface area contributed by atoms with Gasteiger partial charge in [0.25, 0.3) is 10.0 Å². The van der Waals surface area contributed by atoms with Crippen molar-refractivity contribution in [2.45, 2.75) is 38.2 Å². The number of rotatable bonds is 5. The van der Waals surface area contributed by atoms with Gasteiger partial charge >= 0.3 is 0 Å². The predicted molar refractivity (Wildman–Crippen MR) is 93.4 cm³/mol. The van der Waals surface area contributed by atoms with Crippen molar-refractivity contribution in [1.82, 2.24) is 0 Å². The van der Waals surface area contributed by atoms with Crippen molar-refractivity contribution < 1.29 is 17.9 Å². The molecule has 3 rings (SSSR count). The Morgan fingerprint density at radius 1 is 1.25 bits per heavy atom. The Bertz CT molecular complexity index is 844. The van der Waals surface area contributed by atoms with Gasteiger partial charge in [-0.05, 0) is 39.0 Å². The number of anilines is 1. The zero-order chi connectivity index (χ0) is 17.3. The monoisotopic (exact) mass is 347 g/mol. The molecule has 1 aliphatic rings. The molecular weight excluding hydrogens is 326 g/mol. The predicted octanol–water partition coefficient (Wildman–Crippen LogP) is 3.52. The van der Waals surface area contributed by atoms with Crippen LogP contribution in [0, 0.1) is 6.92 Å². The molecule has 0 unspecified atom stereocenters. The van der Waals surface area contributed by atoms with E-state index in [1.54, 1.807) is 30.3 Å². The van der Waals surface area contributed by atoms with E-state index in [9.17, 15) is 8.42 Å². The highest BCUT2D eigenvalue weighted by atomic mass is 32.2. The summed E-state index contributed by atoms with van der Waals surface area (Å²) in [4.78, 5) is 0.213. The van der Waals surface area contributed by atoms with Gasteiger partial charge in [-0.25, -0.2) is 8.42 Å². The van der Waals surface area contributed by atoms with E-state index in [0.717, 1.165) is 17.5 Å². The second-order valence-corrected chi connectivity index (χ2v) is 7.62. The van der Waals surface area contributed by atoms with Gasteiger partial charge in [0, 0.05) is 18.1 Å². The summed E-state index contributed by atoms with van der Waals surface area (Å²) in [6.07, 6.45) is 0.874. The number of sulfonamides is 1. The van der Waals surface area contributed by atoms with Crippen LogP contribution in [0.15, 0.2) is 41.3 Å². The summed E-state index contributed by atoms with van der Waals surface area (Å²) in [6, 6.07) is 10.3. The van der Waals surface area contributed by atoms with Crippen LogP contribution < -0.4 is 14.2 Å². The average molecular weight is 347 g/mol. The summed E-state index contributed by atoms with van der Waals surface area (Å²) in [7, 11) is -3.69. The van der Waals surface area contributed by atoms with E-state index >= 15 is 0 Å². The Balaban J connectivity index is 1.96. The van der Waals surface area contributed by atoms with E-state index in [1.807, 2.05) is 26.8 Å². The van der Waals surface area contributed by atoms with Crippen LogP contribution in [-0.4, -0.2) is 21.1 Å². The first kappa shape index (κ1) is 16.6. The van der Waals surface area contributed by atoms with Crippen molar-refractivity contribution >= 4 is 15.7 Å². The normalized spacial score (nSPS) is 16.4. The van der Waals surface area contributed by atoms with Crippen LogP contribution in [0.3, 0.4) is 0 Å². The molecular formula is C18H21NO4S. The summed E-state index contributed by atoms with van der Waals surface area (Å²) in [5.74, 6) is 1.22. The molecule has 1 N–H and O–H groups in total. The number of nitrogens with one attached hydrogen (secondary N) is 1. The maximum atomic E-state index is 12.6. The fourth-order valence-electron chi connectivity index (χ4n) is 2.72. The lowest BCUT2D eigenvalue weighted by Crippen LogP contribution is -2.14. The van der Waals surface area contributed by atoms with E-state index in [4.69, 9.17) is 9.47 Å². The van der Waals surface area contributed by atoms with Crippen LogP contribution in [0.4, 0.5) is 5.69 Å². The molecule has 2 aromatic rings. The minimum atomic E-state index is -3.69. The Kier molecular flexibility index (Phi) is 4.41. The molecule has 1 atom stereocenters. The Morgan fingerprint density at radius 2 is 1.96 bits per heavy atom. The second-order valence-electron chi connectivity index (χ2n) is 5.94. The van der Waals surface area contributed by atoms with E-state index < -0.39 is 10.0 Å². The Hall–Kier alpha value is -2.21. The van der Waals surface area contributed by atoms with Gasteiger partial charge in [0.2, 0.25) is 0 Å². The van der Waals surface area contributed by atoms with Crippen LogP contribution in [0.5, 0.6) is 11.5 Å². The van der Waals surface area contributed by atoms with Crippen molar-refractivity contribution in [3.05, 3.63) is 47.5 Å². The number of ether oxygens (including phenoxy) is 2. The highest BCUT2D eigenvalue weighted by Gasteiger charge is 2.24. The molecule has 0 bridgehead atoms. The second kappa shape index (κ2) is 6.36. The maximum Gasteiger partial charge on any atom is 0.262 e. The van der Waals surface area contributed by atoms with Gasteiger partial charge in [-0.2, -0.15) is 0 Å². The first-order valence-electron chi connectivity index (χ1n) is 7.95. The molecule has 5 nitrogen and oxygen atoms in total. The van der Waals surface area contributed by atoms with Crippen LogP contribution in [0.25, 0.3) is 0 Å². The molecule has 6 heteroatoms. The van der Waals surface area contributed by atoms with Gasteiger partial charge in [-0.15, -0.1) is 0 Å². The molecule has 0 spiro atoms. The number of hydrogen-bond acceptors (Lipinski definition) is 4. The summed E-state index contributed by atoms with van der Waals surface area (Å²) in [5, 5.41) is 0. The summed E-state index contributed by atoms with van der Waals surface area (Å²) in [5.41, 5.74) is 2.43. The van der Waals surface area contributed by atoms with Crippen LogP contribution in [0.1, 0.15) is 25.0 Å². The van der Waals surface area contributed by atoms with E-state index in [0.29, 0.717) is 23.8 Å². The van der Waals surface area contributed by atoms with Gasteiger partial charge in [0.1, 0.15) is 17.6 Å². The molecule has 2 aromatic carbocycles. The van der Waals surface area contributed by atoms with Crippen molar-refractivity contribution in [3.8, 4) is 11.5 Å². The van der Waals surface area contributed by atoms with Gasteiger partial charge in [-0.1, -0.05) is 17.7 Å². The van der Waals surface area contributed by atoms with E-state index in [2.05, 4.69) is 4.72 Å². The van der Waals surface area contributed by atoms with Crippen molar-refractivity contribution in [3.63, 3.8) is 0 Å². The summed E-state index contributed by atoms with van der Waals surface area (Å²) >= 11 is 0. The fourth-order valence-corrected chi connectivity index (χ4v) is 3.78. The quantitative estimate of drug-likeness (QED) is 0.899. The molecule has 0 aliphatic carbocycles. The van der Waals surface area contributed by atoms with Crippen LogP contribution in [-0.2, 0) is 16.4 Å².